The first-order valence-electron chi connectivity index (χ1n) is 3.11. The minimum absolute atomic E-state index is 0. The molecule has 0 aliphatic heterocycles. The first kappa shape index (κ1) is 10.4. The van der Waals surface area contributed by atoms with E-state index in [1.165, 1.54) is 0 Å². The van der Waals surface area contributed by atoms with Crippen LogP contribution in [0.25, 0.3) is 0 Å². The van der Waals surface area contributed by atoms with Gasteiger partial charge in [0.2, 0.25) is 0 Å². The molecule has 0 unspecified atom stereocenters. The first-order valence-corrected chi connectivity index (χ1v) is 3.64. The van der Waals surface area contributed by atoms with E-state index in [0.717, 1.165) is 5.56 Å². The summed E-state index contributed by atoms with van der Waals surface area (Å²) in [4.78, 5) is 0. The molecule has 3 heteroatoms. The number of hydrogen-bond acceptors (Lipinski definition) is 1. The van der Waals surface area contributed by atoms with Crippen molar-refractivity contribution in [3.05, 3.63) is 35.9 Å². The summed E-state index contributed by atoms with van der Waals surface area (Å²) in [6, 6.07) is 10.2. The minimum atomic E-state index is 0. The van der Waals surface area contributed by atoms with E-state index >= 15 is 0 Å². The third kappa shape index (κ3) is 3.98. The van der Waals surface area contributed by atoms with Gasteiger partial charge in [-0.15, -0.1) is 0 Å². The molecule has 0 fully saturated rings. The number of halogens is 1. The second-order valence-corrected chi connectivity index (χ2v) is 2.16. The lowest BCUT2D eigenvalue weighted by atomic mass is 10.2. The molecule has 0 aromatic heterocycles. The summed E-state index contributed by atoms with van der Waals surface area (Å²) in [5, 5.41) is 0. The van der Waals surface area contributed by atoms with E-state index in [4.69, 9.17) is 16.3 Å². The Kier molecular flexibility index (Phi) is 5.84. The molecule has 0 bridgehead atoms. The number of benzene rings is 1. The summed E-state index contributed by atoms with van der Waals surface area (Å²) in [5.41, 5.74) is 1.16. The number of hydrogen-bond donors (Lipinski definition) is 0. The van der Waals surface area contributed by atoms with E-state index < -0.39 is 0 Å². The Labute approximate surface area is 71.7 Å². The zero-order chi connectivity index (χ0) is 7.23. The van der Waals surface area contributed by atoms with E-state index in [0.29, 0.717) is 6.61 Å². The van der Waals surface area contributed by atoms with Crippen molar-refractivity contribution in [2.75, 3.05) is 6.07 Å². The standard InChI is InChI=1S/C8H9ClO.N/c9-7-10-6-8-4-2-1-3-5-8;/h1-5H,6-7H2;. The van der Waals surface area contributed by atoms with Crippen LogP contribution in [0.4, 0.5) is 0 Å². The molecule has 59 valence electrons. The maximum absolute atomic E-state index is 5.33. The third-order valence-electron chi connectivity index (χ3n) is 1.19. The lowest BCUT2D eigenvalue weighted by Gasteiger charge is -1.97. The van der Waals surface area contributed by atoms with Crippen LogP contribution in [0.5, 0.6) is 0 Å². The Bertz CT molecular complexity index is 179. The molecule has 0 heterocycles. The molecule has 11 heavy (non-hydrogen) atoms. The van der Waals surface area contributed by atoms with Crippen LogP contribution in [-0.4, -0.2) is 6.07 Å². The summed E-state index contributed by atoms with van der Waals surface area (Å²) < 4.78 is 4.98. The highest BCUT2D eigenvalue weighted by molar-refractivity contribution is 6.17. The lowest BCUT2D eigenvalue weighted by Crippen LogP contribution is -1.88. The van der Waals surface area contributed by atoms with Crippen molar-refractivity contribution in [3.63, 3.8) is 0 Å². The Balaban J connectivity index is 0.000001000. The van der Waals surface area contributed by atoms with Gasteiger partial charge < -0.3 is 4.74 Å². The zero-order valence-electron chi connectivity index (χ0n) is 6.03. The van der Waals surface area contributed by atoms with Gasteiger partial charge in [-0.05, 0) is 5.56 Å². The molecule has 1 rings (SSSR count). The van der Waals surface area contributed by atoms with Crippen LogP contribution in [0.2, 0.25) is 0 Å². The van der Waals surface area contributed by atoms with Gasteiger partial charge in [-0.3, -0.25) is 0 Å². The molecule has 0 aliphatic carbocycles. The van der Waals surface area contributed by atoms with E-state index in [9.17, 15) is 0 Å². The van der Waals surface area contributed by atoms with Crippen LogP contribution >= 0.6 is 11.6 Å². The van der Waals surface area contributed by atoms with Gasteiger partial charge in [0.25, 0.3) is 0 Å². The second kappa shape index (κ2) is 6.16. The topological polar surface area (TPSA) is 39.7 Å². The highest BCUT2D eigenvalue weighted by atomic mass is 35.5. The van der Waals surface area contributed by atoms with Crippen molar-refractivity contribution in [1.29, 1.82) is 0 Å². The zero-order valence-corrected chi connectivity index (χ0v) is 6.79. The highest BCUT2D eigenvalue weighted by Crippen LogP contribution is 2.00. The third-order valence-corrected chi connectivity index (χ3v) is 1.34. The predicted molar refractivity (Wildman–Crippen MR) is 44.1 cm³/mol. The van der Waals surface area contributed by atoms with E-state index in [1.54, 1.807) is 0 Å². The molecule has 1 aromatic carbocycles. The van der Waals surface area contributed by atoms with Gasteiger partial charge in [-0.25, -0.2) is 0 Å². The maximum atomic E-state index is 5.33. The summed E-state index contributed by atoms with van der Waals surface area (Å²) in [7, 11) is 0. The molecule has 3 radical (unpaired) electrons. The molecule has 0 N–H and O–H groups in total. The molecule has 0 saturated carbocycles. The van der Waals surface area contributed by atoms with Crippen molar-refractivity contribution >= 4 is 11.6 Å². The van der Waals surface area contributed by atoms with Crippen molar-refractivity contribution in [2.24, 2.45) is 0 Å². The number of alkyl halides is 1. The van der Waals surface area contributed by atoms with Crippen molar-refractivity contribution in [2.45, 2.75) is 6.61 Å². The van der Waals surface area contributed by atoms with E-state index in [2.05, 4.69) is 0 Å². The normalized spacial score (nSPS) is 8.82. The molecule has 0 spiro atoms. The van der Waals surface area contributed by atoms with Crippen LogP contribution in [0.1, 0.15) is 5.56 Å². The van der Waals surface area contributed by atoms with Gasteiger partial charge in [-0.2, -0.15) is 0 Å². The van der Waals surface area contributed by atoms with E-state index in [1.807, 2.05) is 30.3 Å². The average molecular weight is 171 g/mol. The first-order chi connectivity index (χ1) is 4.93. The quantitative estimate of drug-likeness (QED) is 0.639. The molecule has 2 nitrogen and oxygen atoms in total. The fraction of sp³-hybridized carbons (Fsp3) is 0.250. The number of ether oxygens (including phenoxy) is 1. The van der Waals surface area contributed by atoms with Crippen LogP contribution in [-0.2, 0) is 11.3 Å². The van der Waals surface area contributed by atoms with Crippen molar-refractivity contribution in [1.82, 2.24) is 6.15 Å². The number of nitrogens with zero attached hydrogens (tertiary/aromatic N) is 1. The van der Waals surface area contributed by atoms with Gasteiger partial charge in [0.1, 0.15) is 6.07 Å². The van der Waals surface area contributed by atoms with Crippen LogP contribution in [0.15, 0.2) is 30.3 Å². The summed E-state index contributed by atoms with van der Waals surface area (Å²) in [6.45, 7) is 0.602. The Morgan fingerprint density at radius 2 is 1.82 bits per heavy atom. The van der Waals surface area contributed by atoms with Gasteiger partial charge in [-0.1, -0.05) is 41.9 Å². The fourth-order valence-electron chi connectivity index (χ4n) is 0.731. The van der Waals surface area contributed by atoms with E-state index in [-0.39, 0.29) is 12.2 Å². The largest absolute Gasteiger partial charge is 0.361 e. The lowest BCUT2D eigenvalue weighted by molar-refractivity contribution is 0.165. The van der Waals surface area contributed by atoms with Crippen molar-refractivity contribution < 1.29 is 4.74 Å². The molecule has 0 amide bonds. The van der Waals surface area contributed by atoms with Crippen LogP contribution in [0.3, 0.4) is 0 Å². The molecule has 1 aromatic rings. The van der Waals surface area contributed by atoms with Gasteiger partial charge in [0, 0.05) is 6.15 Å². The van der Waals surface area contributed by atoms with Crippen molar-refractivity contribution in [3.8, 4) is 0 Å². The number of rotatable bonds is 3. The molecule has 0 atom stereocenters. The summed E-state index contributed by atoms with van der Waals surface area (Å²) in [6.07, 6.45) is 0. The molecule has 0 aliphatic rings. The van der Waals surface area contributed by atoms with Gasteiger partial charge >= 0.3 is 0 Å². The monoisotopic (exact) mass is 170 g/mol. The Hall–Kier alpha value is -0.570. The highest BCUT2D eigenvalue weighted by Gasteiger charge is 1.87. The van der Waals surface area contributed by atoms with Gasteiger partial charge in [0.15, 0.2) is 0 Å². The fourth-order valence-corrected chi connectivity index (χ4v) is 0.808. The minimum Gasteiger partial charge on any atom is -0.361 e. The Morgan fingerprint density at radius 3 is 2.36 bits per heavy atom. The smallest absolute Gasteiger partial charge is 0.121 e. The summed E-state index contributed by atoms with van der Waals surface area (Å²) in [5.74, 6) is 0. The molecular formula is C8H9ClNO. The maximum Gasteiger partial charge on any atom is 0.121 e. The van der Waals surface area contributed by atoms with Crippen LogP contribution < -0.4 is 6.15 Å². The predicted octanol–water partition coefficient (Wildman–Crippen LogP) is 1.92. The van der Waals surface area contributed by atoms with Crippen LogP contribution in [0, 0.1) is 0 Å². The van der Waals surface area contributed by atoms with Gasteiger partial charge in [0.05, 0.1) is 6.61 Å². The summed E-state index contributed by atoms with van der Waals surface area (Å²) >= 11 is 5.33. The SMILES string of the molecule is ClCOCc1ccccc1.[N]. The second-order valence-electron chi connectivity index (χ2n) is 1.94. The molecular weight excluding hydrogens is 162 g/mol. The molecule has 0 saturated heterocycles. The average Bonchev–Trinajstić information content (AvgIpc) is 2.03. The Morgan fingerprint density at radius 1 is 1.18 bits per heavy atom.